The maximum atomic E-state index is 12.3. The first kappa shape index (κ1) is 11.1. The van der Waals surface area contributed by atoms with Gasteiger partial charge in [-0.2, -0.15) is 0 Å². The van der Waals surface area contributed by atoms with E-state index in [9.17, 15) is 13.6 Å². The zero-order valence-electron chi connectivity index (χ0n) is 6.67. The van der Waals surface area contributed by atoms with Gasteiger partial charge in [0.05, 0.1) is 5.69 Å². The standard InChI is InChI=1S/C7H5F2IN2O2/c8-6(9)2-1-3(10)12-5(4(2)11)7(13)14/h1,6H,11H2,(H,13,14). The Hall–Kier alpha value is -0.990. The molecule has 3 N–H and O–H groups in total. The Morgan fingerprint density at radius 3 is 2.64 bits per heavy atom. The quantitative estimate of drug-likeness (QED) is 0.646. The van der Waals surface area contributed by atoms with Gasteiger partial charge >= 0.3 is 5.97 Å². The second kappa shape index (κ2) is 4.03. The Morgan fingerprint density at radius 2 is 2.21 bits per heavy atom. The molecule has 14 heavy (non-hydrogen) atoms. The fourth-order valence-electron chi connectivity index (χ4n) is 0.886. The second-order valence-corrected chi connectivity index (χ2v) is 3.51. The number of aromatic nitrogens is 1. The number of hydrogen-bond donors (Lipinski definition) is 2. The van der Waals surface area contributed by atoms with Crippen LogP contribution >= 0.6 is 22.6 Å². The number of aromatic carboxylic acids is 1. The van der Waals surface area contributed by atoms with Gasteiger partial charge in [-0.15, -0.1) is 0 Å². The van der Waals surface area contributed by atoms with Crippen LogP contribution in [0.2, 0.25) is 0 Å². The van der Waals surface area contributed by atoms with Crippen LogP contribution in [0.4, 0.5) is 14.5 Å². The third kappa shape index (κ3) is 2.08. The van der Waals surface area contributed by atoms with E-state index < -0.39 is 29.3 Å². The third-order valence-electron chi connectivity index (χ3n) is 1.50. The van der Waals surface area contributed by atoms with Crippen LogP contribution in [-0.2, 0) is 0 Å². The summed E-state index contributed by atoms with van der Waals surface area (Å²) >= 11 is 1.65. The number of nitrogens with zero attached hydrogens (tertiary/aromatic N) is 1. The zero-order valence-corrected chi connectivity index (χ0v) is 8.83. The monoisotopic (exact) mass is 314 g/mol. The first-order valence-electron chi connectivity index (χ1n) is 3.41. The van der Waals surface area contributed by atoms with Gasteiger partial charge in [-0.1, -0.05) is 0 Å². The largest absolute Gasteiger partial charge is 0.476 e. The maximum absolute atomic E-state index is 12.3. The van der Waals surface area contributed by atoms with E-state index in [-0.39, 0.29) is 3.70 Å². The van der Waals surface area contributed by atoms with Gasteiger partial charge in [0.25, 0.3) is 6.43 Å². The Kier molecular flexibility index (Phi) is 3.19. The van der Waals surface area contributed by atoms with Gasteiger partial charge in [0.1, 0.15) is 3.70 Å². The number of anilines is 1. The van der Waals surface area contributed by atoms with E-state index in [2.05, 4.69) is 4.98 Å². The molecular formula is C7H5F2IN2O2. The van der Waals surface area contributed by atoms with Gasteiger partial charge in [-0.05, 0) is 28.7 Å². The number of rotatable bonds is 2. The van der Waals surface area contributed by atoms with Crippen molar-refractivity contribution in [3.63, 3.8) is 0 Å². The van der Waals surface area contributed by atoms with Crippen molar-refractivity contribution < 1.29 is 18.7 Å². The number of pyridine rings is 1. The number of carboxylic acids is 1. The molecule has 0 aliphatic rings. The summed E-state index contributed by atoms with van der Waals surface area (Å²) in [4.78, 5) is 14.1. The van der Waals surface area contributed by atoms with Crippen molar-refractivity contribution in [2.24, 2.45) is 0 Å². The summed E-state index contributed by atoms with van der Waals surface area (Å²) in [7, 11) is 0. The highest BCUT2D eigenvalue weighted by Crippen LogP contribution is 2.28. The lowest BCUT2D eigenvalue weighted by molar-refractivity contribution is 0.0691. The Morgan fingerprint density at radius 1 is 1.64 bits per heavy atom. The van der Waals surface area contributed by atoms with Crippen molar-refractivity contribution in [2.45, 2.75) is 6.43 Å². The second-order valence-electron chi connectivity index (χ2n) is 2.40. The molecule has 0 aliphatic heterocycles. The molecular weight excluding hydrogens is 309 g/mol. The molecule has 4 nitrogen and oxygen atoms in total. The summed E-state index contributed by atoms with van der Waals surface area (Å²) in [5, 5.41) is 8.61. The van der Waals surface area contributed by atoms with Crippen LogP contribution in [0, 0.1) is 3.70 Å². The van der Waals surface area contributed by atoms with Crippen LogP contribution < -0.4 is 5.73 Å². The van der Waals surface area contributed by atoms with Crippen LogP contribution in [0.1, 0.15) is 22.5 Å². The van der Waals surface area contributed by atoms with Crippen molar-refractivity contribution in [2.75, 3.05) is 5.73 Å². The van der Waals surface area contributed by atoms with E-state index in [0.717, 1.165) is 6.07 Å². The Bertz CT molecular complexity index is 384. The van der Waals surface area contributed by atoms with Crippen LogP contribution in [0.5, 0.6) is 0 Å². The molecule has 0 fully saturated rings. The van der Waals surface area contributed by atoms with Crippen LogP contribution in [0.25, 0.3) is 0 Å². The lowest BCUT2D eigenvalue weighted by Gasteiger charge is -2.07. The molecule has 0 saturated heterocycles. The molecule has 7 heteroatoms. The molecule has 0 aliphatic carbocycles. The molecule has 0 radical (unpaired) electrons. The first-order chi connectivity index (χ1) is 6.43. The molecule has 76 valence electrons. The van der Waals surface area contributed by atoms with E-state index >= 15 is 0 Å². The van der Waals surface area contributed by atoms with Crippen molar-refractivity contribution >= 4 is 34.2 Å². The minimum absolute atomic E-state index is 0.171. The zero-order chi connectivity index (χ0) is 10.9. The van der Waals surface area contributed by atoms with Crippen molar-refractivity contribution in [3.05, 3.63) is 21.0 Å². The maximum Gasteiger partial charge on any atom is 0.356 e. The molecule has 0 amide bonds. The average molecular weight is 314 g/mol. The highest BCUT2D eigenvalue weighted by molar-refractivity contribution is 14.1. The van der Waals surface area contributed by atoms with Crippen LogP contribution in [0.15, 0.2) is 6.07 Å². The molecule has 0 bridgehead atoms. The summed E-state index contributed by atoms with van der Waals surface area (Å²) in [6, 6.07) is 1.06. The number of alkyl halides is 2. The number of nitrogen functional groups attached to an aromatic ring is 1. The van der Waals surface area contributed by atoms with E-state index in [0.29, 0.717) is 0 Å². The third-order valence-corrected chi connectivity index (χ3v) is 2.05. The minimum atomic E-state index is -2.80. The van der Waals surface area contributed by atoms with Crippen molar-refractivity contribution in [1.82, 2.24) is 4.98 Å². The summed E-state index contributed by atoms with van der Waals surface area (Å²) < 4.78 is 24.9. The van der Waals surface area contributed by atoms with E-state index in [4.69, 9.17) is 10.8 Å². The normalized spacial score (nSPS) is 10.6. The molecule has 0 unspecified atom stereocenters. The topological polar surface area (TPSA) is 76.2 Å². The van der Waals surface area contributed by atoms with E-state index in [1.54, 1.807) is 22.6 Å². The van der Waals surface area contributed by atoms with Crippen LogP contribution in [-0.4, -0.2) is 16.1 Å². The van der Waals surface area contributed by atoms with Crippen molar-refractivity contribution in [3.8, 4) is 0 Å². The minimum Gasteiger partial charge on any atom is -0.476 e. The number of halogens is 3. The summed E-state index contributed by atoms with van der Waals surface area (Å²) in [6.07, 6.45) is -2.80. The smallest absolute Gasteiger partial charge is 0.356 e. The fraction of sp³-hybridized carbons (Fsp3) is 0.143. The lowest BCUT2D eigenvalue weighted by Crippen LogP contribution is -2.10. The predicted molar refractivity (Wildman–Crippen MR) is 53.3 cm³/mol. The fourth-order valence-corrected chi connectivity index (χ4v) is 1.46. The molecule has 1 aromatic heterocycles. The number of hydrogen-bond acceptors (Lipinski definition) is 3. The highest BCUT2D eigenvalue weighted by Gasteiger charge is 2.20. The van der Waals surface area contributed by atoms with Crippen LogP contribution in [0.3, 0.4) is 0 Å². The molecule has 0 spiro atoms. The average Bonchev–Trinajstić information content (AvgIpc) is 2.07. The Labute approximate surface area is 91.3 Å². The SMILES string of the molecule is Nc1c(C(F)F)cc(I)nc1C(=O)O. The van der Waals surface area contributed by atoms with Gasteiger partial charge in [-0.25, -0.2) is 18.6 Å². The predicted octanol–water partition coefficient (Wildman–Crippen LogP) is 1.90. The van der Waals surface area contributed by atoms with Gasteiger partial charge < -0.3 is 10.8 Å². The highest BCUT2D eigenvalue weighted by atomic mass is 127. The van der Waals surface area contributed by atoms with Gasteiger partial charge in [0.2, 0.25) is 0 Å². The van der Waals surface area contributed by atoms with Crippen molar-refractivity contribution in [1.29, 1.82) is 0 Å². The van der Waals surface area contributed by atoms with E-state index in [1.807, 2.05) is 0 Å². The van der Waals surface area contributed by atoms with E-state index in [1.165, 1.54) is 0 Å². The number of nitrogens with two attached hydrogens (primary N) is 1. The number of carboxylic acid groups (broad SMARTS) is 1. The summed E-state index contributed by atoms with van der Waals surface area (Å²) in [5.41, 5.74) is 3.72. The van der Waals surface area contributed by atoms with Gasteiger partial charge in [0, 0.05) is 5.56 Å². The number of carbonyl (C=O) groups is 1. The molecule has 1 aromatic rings. The molecule has 1 heterocycles. The first-order valence-corrected chi connectivity index (χ1v) is 4.48. The summed E-state index contributed by atoms with van der Waals surface area (Å²) in [6.45, 7) is 0. The molecule has 0 saturated carbocycles. The molecule has 0 atom stereocenters. The van der Waals surface area contributed by atoms with Gasteiger partial charge in [0.15, 0.2) is 5.69 Å². The molecule has 1 rings (SSSR count). The Balaban J connectivity index is 3.40. The molecule has 0 aromatic carbocycles. The van der Waals surface area contributed by atoms with Gasteiger partial charge in [-0.3, -0.25) is 0 Å². The summed E-state index contributed by atoms with van der Waals surface area (Å²) in [5.74, 6) is -1.41. The lowest BCUT2D eigenvalue weighted by atomic mass is 10.2.